The van der Waals surface area contributed by atoms with Crippen molar-refractivity contribution in [1.29, 1.82) is 0 Å². The van der Waals surface area contributed by atoms with Crippen LogP contribution in [0.15, 0.2) is 42.5 Å². The first-order valence-electron chi connectivity index (χ1n) is 8.54. The van der Waals surface area contributed by atoms with Gasteiger partial charge in [0.05, 0.1) is 0 Å². The van der Waals surface area contributed by atoms with Gasteiger partial charge in [-0.1, -0.05) is 55.2 Å². The van der Waals surface area contributed by atoms with E-state index in [1.54, 1.807) is 0 Å². The molecule has 2 aromatic carbocycles. The van der Waals surface area contributed by atoms with Crippen LogP contribution >= 0.6 is 0 Å². The van der Waals surface area contributed by atoms with Gasteiger partial charge in [-0.15, -0.1) is 0 Å². The summed E-state index contributed by atoms with van der Waals surface area (Å²) in [4.78, 5) is 2.68. The van der Waals surface area contributed by atoms with Crippen LogP contribution in [0.3, 0.4) is 0 Å². The summed E-state index contributed by atoms with van der Waals surface area (Å²) in [6, 6.07) is 15.8. The van der Waals surface area contributed by atoms with Crippen LogP contribution in [0.1, 0.15) is 31.7 Å². The summed E-state index contributed by atoms with van der Waals surface area (Å²) in [5, 5.41) is 2.57. The fraction of sp³-hybridized carbons (Fsp3) is 0.429. The standard InChI is InChI=1S/C21H23N/c1-16-15-22-13-5-9-20(22)14-19(16)12-11-18-8-4-7-17-6-2-3-10-21(17)18/h2-4,6-8,10,16,19-20H,5,9,13-15H2,1H3. The molecule has 1 nitrogen and oxygen atoms in total. The Labute approximate surface area is 133 Å². The molecule has 3 atom stereocenters. The molecule has 2 heterocycles. The molecule has 2 fully saturated rings. The lowest BCUT2D eigenvalue weighted by Gasteiger charge is -2.37. The van der Waals surface area contributed by atoms with Gasteiger partial charge in [0.2, 0.25) is 0 Å². The van der Waals surface area contributed by atoms with Gasteiger partial charge in [0, 0.05) is 24.1 Å². The third kappa shape index (κ3) is 2.53. The molecule has 22 heavy (non-hydrogen) atoms. The Morgan fingerprint density at radius 2 is 1.95 bits per heavy atom. The van der Waals surface area contributed by atoms with Crippen molar-refractivity contribution in [3.05, 3.63) is 48.0 Å². The van der Waals surface area contributed by atoms with E-state index in [9.17, 15) is 0 Å². The Balaban J connectivity index is 1.61. The van der Waals surface area contributed by atoms with Crippen LogP contribution in [0.2, 0.25) is 0 Å². The van der Waals surface area contributed by atoms with Gasteiger partial charge in [0.1, 0.15) is 0 Å². The summed E-state index contributed by atoms with van der Waals surface area (Å²) < 4.78 is 0. The molecular weight excluding hydrogens is 266 g/mol. The monoisotopic (exact) mass is 289 g/mol. The average Bonchev–Trinajstić information content (AvgIpc) is 2.99. The third-order valence-corrected chi connectivity index (χ3v) is 5.42. The smallest absolute Gasteiger partial charge is 0.0323 e. The predicted molar refractivity (Wildman–Crippen MR) is 92.7 cm³/mol. The average molecular weight is 289 g/mol. The number of nitrogens with zero attached hydrogens (tertiary/aromatic N) is 1. The van der Waals surface area contributed by atoms with Crippen LogP contribution in [0.25, 0.3) is 10.8 Å². The van der Waals surface area contributed by atoms with Crippen molar-refractivity contribution in [2.75, 3.05) is 13.1 Å². The first-order chi connectivity index (χ1) is 10.8. The number of piperidine rings is 1. The van der Waals surface area contributed by atoms with Crippen LogP contribution in [0.4, 0.5) is 0 Å². The second-order valence-corrected chi connectivity index (χ2v) is 6.91. The normalized spacial score (nSPS) is 28.1. The quantitative estimate of drug-likeness (QED) is 0.653. The minimum atomic E-state index is 0.554. The van der Waals surface area contributed by atoms with Crippen molar-refractivity contribution in [2.45, 2.75) is 32.2 Å². The molecule has 0 bridgehead atoms. The third-order valence-electron chi connectivity index (χ3n) is 5.42. The molecule has 0 spiro atoms. The molecule has 112 valence electrons. The molecule has 0 amide bonds. The molecule has 2 saturated heterocycles. The molecule has 0 N–H and O–H groups in total. The highest BCUT2D eigenvalue weighted by Crippen LogP contribution is 2.33. The summed E-state index contributed by atoms with van der Waals surface area (Å²) in [5.41, 5.74) is 1.18. The Kier molecular flexibility index (Phi) is 3.64. The maximum absolute atomic E-state index is 3.62. The van der Waals surface area contributed by atoms with E-state index < -0.39 is 0 Å². The molecule has 2 aliphatic rings. The SMILES string of the molecule is CC1CN2CCCC2CC1C#Cc1cccc2ccccc12. The van der Waals surface area contributed by atoms with E-state index in [1.807, 2.05) is 0 Å². The van der Waals surface area contributed by atoms with Gasteiger partial charge in [-0.05, 0) is 48.6 Å². The largest absolute Gasteiger partial charge is 0.300 e. The van der Waals surface area contributed by atoms with Crippen LogP contribution in [-0.2, 0) is 0 Å². The van der Waals surface area contributed by atoms with Gasteiger partial charge in [0.25, 0.3) is 0 Å². The van der Waals surface area contributed by atoms with Crippen LogP contribution in [0, 0.1) is 23.7 Å². The lowest BCUT2D eigenvalue weighted by atomic mass is 9.83. The fourth-order valence-corrected chi connectivity index (χ4v) is 4.13. The predicted octanol–water partition coefficient (Wildman–Crippen LogP) is 4.31. The van der Waals surface area contributed by atoms with Crippen molar-refractivity contribution in [3.8, 4) is 11.8 Å². The molecule has 4 rings (SSSR count). The summed E-state index contributed by atoms with van der Waals surface area (Å²) in [5.74, 6) is 8.36. The number of hydrogen-bond donors (Lipinski definition) is 0. The van der Waals surface area contributed by atoms with Gasteiger partial charge in [-0.25, -0.2) is 0 Å². The zero-order valence-electron chi connectivity index (χ0n) is 13.3. The Bertz CT molecular complexity index is 731. The minimum absolute atomic E-state index is 0.554. The van der Waals surface area contributed by atoms with Crippen LogP contribution in [0.5, 0.6) is 0 Å². The van der Waals surface area contributed by atoms with E-state index >= 15 is 0 Å². The molecular formula is C21H23N. The van der Waals surface area contributed by atoms with Crippen molar-refractivity contribution in [2.24, 2.45) is 11.8 Å². The summed E-state index contributed by atoms with van der Waals surface area (Å²) in [6.07, 6.45) is 4.01. The topological polar surface area (TPSA) is 3.24 Å². The maximum Gasteiger partial charge on any atom is 0.0323 e. The molecule has 1 heteroatoms. The number of benzene rings is 2. The summed E-state index contributed by atoms with van der Waals surface area (Å²) >= 11 is 0. The molecule has 0 aliphatic carbocycles. The second-order valence-electron chi connectivity index (χ2n) is 6.91. The molecule has 2 aromatic rings. The maximum atomic E-state index is 3.62. The Morgan fingerprint density at radius 3 is 2.91 bits per heavy atom. The highest BCUT2D eigenvalue weighted by molar-refractivity contribution is 5.88. The van der Waals surface area contributed by atoms with E-state index in [2.05, 4.69) is 66.1 Å². The lowest BCUT2D eigenvalue weighted by molar-refractivity contribution is 0.127. The number of rotatable bonds is 0. The molecule has 2 aliphatic heterocycles. The van der Waals surface area contributed by atoms with E-state index in [0.29, 0.717) is 11.8 Å². The first kappa shape index (κ1) is 13.9. The van der Waals surface area contributed by atoms with Crippen molar-refractivity contribution in [1.82, 2.24) is 4.90 Å². The van der Waals surface area contributed by atoms with Gasteiger partial charge < -0.3 is 4.90 Å². The first-order valence-corrected chi connectivity index (χ1v) is 8.54. The Morgan fingerprint density at radius 1 is 1.09 bits per heavy atom. The molecule has 0 saturated carbocycles. The van der Waals surface area contributed by atoms with Gasteiger partial charge in [0.15, 0.2) is 0 Å². The van der Waals surface area contributed by atoms with Crippen molar-refractivity contribution >= 4 is 10.8 Å². The van der Waals surface area contributed by atoms with E-state index in [4.69, 9.17) is 0 Å². The second kappa shape index (κ2) is 5.78. The van der Waals surface area contributed by atoms with Crippen molar-refractivity contribution < 1.29 is 0 Å². The molecule has 0 radical (unpaired) electrons. The van der Waals surface area contributed by atoms with Crippen molar-refractivity contribution in [3.63, 3.8) is 0 Å². The lowest BCUT2D eigenvalue weighted by Crippen LogP contribution is -2.42. The van der Waals surface area contributed by atoms with Gasteiger partial charge >= 0.3 is 0 Å². The fourth-order valence-electron chi connectivity index (χ4n) is 4.13. The molecule has 0 aromatic heterocycles. The van der Waals surface area contributed by atoms with Gasteiger partial charge in [-0.3, -0.25) is 0 Å². The van der Waals surface area contributed by atoms with E-state index in [1.165, 1.54) is 48.7 Å². The number of fused-ring (bicyclic) bond motifs is 2. The van der Waals surface area contributed by atoms with Crippen LogP contribution in [-0.4, -0.2) is 24.0 Å². The molecule has 3 unspecified atom stereocenters. The van der Waals surface area contributed by atoms with Crippen LogP contribution < -0.4 is 0 Å². The zero-order chi connectivity index (χ0) is 14.9. The highest BCUT2D eigenvalue weighted by atomic mass is 15.2. The number of hydrogen-bond acceptors (Lipinski definition) is 1. The minimum Gasteiger partial charge on any atom is -0.300 e. The summed E-state index contributed by atoms with van der Waals surface area (Å²) in [7, 11) is 0. The summed E-state index contributed by atoms with van der Waals surface area (Å²) in [6.45, 7) is 4.91. The van der Waals surface area contributed by atoms with Gasteiger partial charge in [-0.2, -0.15) is 0 Å². The van der Waals surface area contributed by atoms with E-state index in [-0.39, 0.29) is 0 Å². The highest BCUT2D eigenvalue weighted by Gasteiger charge is 2.34. The zero-order valence-corrected chi connectivity index (χ0v) is 13.3. The Hall–Kier alpha value is -1.78. The van der Waals surface area contributed by atoms with E-state index in [0.717, 1.165) is 6.04 Å².